The van der Waals surface area contributed by atoms with E-state index in [0.717, 1.165) is 29.9 Å². The smallest absolute Gasteiger partial charge is 0.323 e. The fourth-order valence-electron chi connectivity index (χ4n) is 1.60. The van der Waals surface area contributed by atoms with Gasteiger partial charge >= 0.3 is 12.0 Å². The highest BCUT2D eigenvalue weighted by atomic mass is 32.3. The molecule has 6 nitrogen and oxygen atoms in total. The van der Waals surface area contributed by atoms with Gasteiger partial charge in [0.2, 0.25) is 0 Å². The van der Waals surface area contributed by atoms with Gasteiger partial charge < -0.3 is 14.2 Å². The van der Waals surface area contributed by atoms with E-state index in [1.807, 2.05) is 0 Å². The van der Waals surface area contributed by atoms with E-state index in [-0.39, 0.29) is 0 Å². The summed E-state index contributed by atoms with van der Waals surface area (Å²) in [5, 5.41) is 0.796. The first-order valence-corrected chi connectivity index (χ1v) is 7.71. The highest BCUT2D eigenvalue weighted by molar-refractivity contribution is 8.33. The number of hydrogen-bond donors (Lipinski definition) is 0. The molecule has 0 saturated carbocycles. The van der Waals surface area contributed by atoms with Crippen LogP contribution in [0, 0.1) is 0 Å². The number of rotatable bonds is 3. The molecule has 0 spiro atoms. The maximum atomic E-state index is 5.39. The summed E-state index contributed by atoms with van der Waals surface area (Å²) in [4.78, 5) is 12.7. The number of ether oxygens (including phenoxy) is 3. The van der Waals surface area contributed by atoms with Crippen LogP contribution in [0.1, 0.15) is 0 Å². The lowest BCUT2D eigenvalue weighted by molar-refractivity contribution is 0.159. The van der Waals surface area contributed by atoms with Crippen LogP contribution in [0.2, 0.25) is 0 Å². The molecule has 0 radical (unpaired) electrons. The molecule has 0 atom stereocenters. The van der Waals surface area contributed by atoms with Gasteiger partial charge in [-0.1, -0.05) is 0 Å². The molecule has 17 heavy (non-hydrogen) atoms. The summed E-state index contributed by atoms with van der Waals surface area (Å²) >= 11 is 0. The standard InChI is InChI=1S/C10H17N3O3S/c1-14-8-11-9(15-2)13-10(12-8)17(3)6-4-16-5-7-17/h4-7H2,1-3H3. The predicted molar refractivity (Wildman–Crippen MR) is 65.3 cm³/mol. The lowest BCUT2D eigenvalue weighted by Crippen LogP contribution is -2.24. The van der Waals surface area contributed by atoms with Crippen LogP contribution in [0.25, 0.3) is 0 Å². The molecule has 1 aromatic rings. The molecule has 1 fully saturated rings. The molecule has 1 saturated heterocycles. The topological polar surface area (TPSA) is 66.4 Å². The summed E-state index contributed by atoms with van der Waals surface area (Å²) in [6.45, 7) is 1.53. The van der Waals surface area contributed by atoms with Crippen molar-refractivity contribution >= 4 is 10.0 Å². The molecular weight excluding hydrogens is 242 g/mol. The molecule has 0 N–H and O–H groups in total. The number of nitrogens with zero attached hydrogens (tertiary/aromatic N) is 3. The van der Waals surface area contributed by atoms with Gasteiger partial charge in [-0.05, 0) is 6.26 Å². The Labute approximate surface area is 102 Å². The van der Waals surface area contributed by atoms with Crippen LogP contribution in [0.15, 0.2) is 5.16 Å². The molecule has 1 aromatic heterocycles. The summed E-state index contributed by atoms with van der Waals surface area (Å²) in [7, 11) is 2.05. The van der Waals surface area contributed by atoms with Crippen LogP contribution in [0.5, 0.6) is 12.0 Å². The van der Waals surface area contributed by atoms with Crippen molar-refractivity contribution in [2.75, 3.05) is 45.2 Å². The molecule has 0 amide bonds. The van der Waals surface area contributed by atoms with Crippen LogP contribution >= 0.6 is 10.0 Å². The van der Waals surface area contributed by atoms with Gasteiger partial charge in [-0.15, -0.1) is 4.98 Å². The summed E-state index contributed by atoms with van der Waals surface area (Å²) in [5.41, 5.74) is 0. The quantitative estimate of drug-likeness (QED) is 0.796. The molecule has 1 aliphatic rings. The van der Waals surface area contributed by atoms with E-state index < -0.39 is 10.0 Å². The van der Waals surface area contributed by atoms with Gasteiger partial charge in [0.15, 0.2) is 5.16 Å². The highest BCUT2D eigenvalue weighted by Gasteiger charge is 2.28. The van der Waals surface area contributed by atoms with Crippen molar-refractivity contribution < 1.29 is 14.2 Å². The average molecular weight is 259 g/mol. The fraction of sp³-hybridized carbons (Fsp3) is 0.700. The zero-order chi connectivity index (χ0) is 12.3. The van der Waals surface area contributed by atoms with Crippen molar-refractivity contribution in [3.8, 4) is 12.0 Å². The van der Waals surface area contributed by atoms with E-state index in [4.69, 9.17) is 14.2 Å². The van der Waals surface area contributed by atoms with E-state index in [0.29, 0.717) is 12.0 Å². The first-order chi connectivity index (χ1) is 8.18. The highest BCUT2D eigenvalue weighted by Crippen LogP contribution is 2.51. The summed E-state index contributed by atoms with van der Waals surface area (Å²) < 4.78 is 15.5. The molecule has 7 heteroatoms. The van der Waals surface area contributed by atoms with Crippen molar-refractivity contribution in [1.82, 2.24) is 15.0 Å². The fourth-order valence-corrected chi connectivity index (χ4v) is 3.73. The Morgan fingerprint density at radius 2 is 1.53 bits per heavy atom. The van der Waals surface area contributed by atoms with E-state index in [1.54, 1.807) is 14.2 Å². The monoisotopic (exact) mass is 259 g/mol. The third kappa shape index (κ3) is 2.61. The molecule has 2 heterocycles. The van der Waals surface area contributed by atoms with Gasteiger partial charge in [0.25, 0.3) is 0 Å². The maximum Gasteiger partial charge on any atom is 0.323 e. The Hall–Kier alpha value is -1.08. The molecule has 2 rings (SSSR count). The number of aromatic nitrogens is 3. The lowest BCUT2D eigenvalue weighted by Gasteiger charge is -2.37. The second-order valence-corrected chi connectivity index (χ2v) is 7.62. The van der Waals surface area contributed by atoms with Gasteiger partial charge in [0.05, 0.1) is 27.4 Å². The van der Waals surface area contributed by atoms with Gasteiger partial charge in [-0.2, -0.15) is 20.0 Å². The van der Waals surface area contributed by atoms with Crippen molar-refractivity contribution in [1.29, 1.82) is 0 Å². The molecule has 0 aromatic carbocycles. The van der Waals surface area contributed by atoms with Crippen molar-refractivity contribution in [3.63, 3.8) is 0 Å². The second kappa shape index (κ2) is 5.05. The van der Waals surface area contributed by atoms with E-state index in [9.17, 15) is 0 Å². The second-order valence-electron chi connectivity index (χ2n) is 3.89. The first-order valence-electron chi connectivity index (χ1n) is 5.33. The van der Waals surface area contributed by atoms with Gasteiger partial charge in [-0.25, -0.2) is 0 Å². The zero-order valence-corrected chi connectivity index (χ0v) is 11.1. The Morgan fingerprint density at radius 3 is 2.00 bits per heavy atom. The molecule has 0 bridgehead atoms. The molecule has 0 aliphatic carbocycles. The SMILES string of the molecule is COc1nc(OC)nc(S2(C)CCOCC2)n1. The third-order valence-corrected chi connectivity index (χ3v) is 5.94. The maximum absolute atomic E-state index is 5.39. The Kier molecular flexibility index (Phi) is 3.68. The average Bonchev–Trinajstić information content (AvgIpc) is 2.39. The first kappa shape index (κ1) is 12.4. The Morgan fingerprint density at radius 1 is 1.00 bits per heavy atom. The van der Waals surface area contributed by atoms with Crippen molar-refractivity contribution in [2.45, 2.75) is 5.16 Å². The Balaban J connectivity index is 2.35. The zero-order valence-electron chi connectivity index (χ0n) is 10.3. The Bertz CT molecular complexity index is 374. The van der Waals surface area contributed by atoms with E-state index in [2.05, 4.69) is 21.2 Å². The lowest BCUT2D eigenvalue weighted by atomic mass is 10.8. The van der Waals surface area contributed by atoms with Crippen LogP contribution in [-0.4, -0.2) is 60.1 Å². The van der Waals surface area contributed by atoms with Gasteiger partial charge in [0, 0.05) is 11.5 Å². The van der Waals surface area contributed by atoms with Gasteiger partial charge in [0.1, 0.15) is 0 Å². The van der Waals surface area contributed by atoms with Crippen LogP contribution < -0.4 is 9.47 Å². The summed E-state index contributed by atoms with van der Waals surface area (Å²) in [6, 6.07) is 0.624. The van der Waals surface area contributed by atoms with Crippen LogP contribution in [-0.2, 0) is 4.74 Å². The molecule has 0 unspecified atom stereocenters. The van der Waals surface area contributed by atoms with E-state index in [1.165, 1.54) is 0 Å². The number of methoxy groups -OCH3 is 2. The minimum absolute atomic E-state index is 0.312. The van der Waals surface area contributed by atoms with Crippen molar-refractivity contribution in [3.05, 3.63) is 0 Å². The van der Waals surface area contributed by atoms with Crippen LogP contribution in [0.3, 0.4) is 0 Å². The largest absolute Gasteiger partial charge is 0.467 e. The summed E-state index contributed by atoms with van der Waals surface area (Å²) in [6.07, 6.45) is 2.21. The molecule has 96 valence electrons. The van der Waals surface area contributed by atoms with Gasteiger partial charge in [-0.3, -0.25) is 0 Å². The van der Waals surface area contributed by atoms with E-state index >= 15 is 0 Å². The van der Waals surface area contributed by atoms with Crippen LogP contribution in [0.4, 0.5) is 0 Å². The van der Waals surface area contributed by atoms with Crippen molar-refractivity contribution in [2.24, 2.45) is 0 Å². The minimum atomic E-state index is -1.03. The minimum Gasteiger partial charge on any atom is -0.467 e. The molecule has 1 aliphatic heterocycles. The molecular formula is C10H17N3O3S. The third-order valence-electron chi connectivity index (χ3n) is 2.74. The predicted octanol–water partition coefficient (Wildman–Crippen LogP) is 0.712. The number of hydrogen-bond acceptors (Lipinski definition) is 6. The normalized spacial score (nSPS) is 20.6. The summed E-state index contributed by atoms with van der Waals surface area (Å²) in [5.74, 6) is 1.95.